The average Bonchev–Trinajstić information content (AvgIpc) is 3.19. The predicted octanol–water partition coefficient (Wildman–Crippen LogP) is 3.41. The number of ether oxygens (including phenoxy) is 4. The first kappa shape index (κ1) is 20.1. The lowest BCUT2D eigenvalue weighted by molar-refractivity contribution is 0.0203. The van der Waals surface area contributed by atoms with Gasteiger partial charge in [0.25, 0.3) is 0 Å². The number of benzene rings is 1. The molecule has 2 aromatic rings. The Bertz CT molecular complexity index is 719. The number of thiophene rings is 1. The molecule has 0 N–H and O–H groups in total. The Morgan fingerprint density at radius 1 is 1.12 bits per heavy atom. The van der Waals surface area contributed by atoms with Gasteiger partial charge in [-0.2, -0.15) is 0 Å². The number of hydrogen-bond acceptors (Lipinski definition) is 7. The number of esters is 1. The maximum absolute atomic E-state index is 12.6. The predicted molar refractivity (Wildman–Crippen MR) is 102 cm³/mol. The van der Waals surface area contributed by atoms with Crippen molar-refractivity contribution in [2.24, 2.45) is 0 Å². The largest absolute Gasteiger partial charge is 0.493 e. The topological polar surface area (TPSA) is 57.2 Å². The summed E-state index contributed by atoms with van der Waals surface area (Å²) >= 11 is 1.63. The van der Waals surface area contributed by atoms with Crippen LogP contribution in [-0.4, -0.2) is 52.9 Å². The van der Waals surface area contributed by atoms with E-state index < -0.39 is 11.5 Å². The summed E-state index contributed by atoms with van der Waals surface area (Å²) in [7, 11) is 8.46. The van der Waals surface area contributed by atoms with Crippen molar-refractivity contribution in [3.05, 3.63) is 40.1 Å². The van der Waals surface area contributed by atoms with Crippen LogP contribution < -0.4 is 14.2 Å². The normalized spacial score (nSPS) is 13.2. The van der Waals surface area contributed by atoms with E-state index in [0.717, 1.165) is 4.88 Å². The number of nitrogens with zero attached hydrogens (tertiary/aromatic N) is 1. The summed E-state index contributed by atoms with van der Waals surface area (Å²) in [6, 6.07) is 7.20. The lowest BCUT2D eigenvalue weighted by atomic mass is 10.00. The standard InChI is InChI=1S/C19H25NO5S/c1-19(20(2)3,16-8-7-9-26-16)12-25-18(21)13-10-14(22-4)17(24-6)15(11-13)23-5/h7-11H,12H2,1-6H3. The molecule has 7 heteroatoms. The van der Waals surface area contributed by atoms with Crippen LogP contribution in [0.1, 0.15) is 22.2 Å². The van der Waals surface area contributed by atoms with E-state index in [0.29, 0.717) is 22.8 Å². The van der Waals surface area contributed by atoms with E-state index in [1.54, 1.807) is 23.5 Å². The molecule has 0 saturated heterocycles. The fraction of sp³-hybridized carbons (Fsp3) is 0.421. The molecule has 0 spiro atoms. The smallest absolute Gasteiger partial charge is 0.338 e. The second kappa shape index (κ2) is 8.42. The van der Waals surface area contributed by atoms with Crippen molar-refractivity contribution >= 4 is 17.3 Å². The van der Waals surface area contributed by atoms with Crippen molar-refractivity contribution in [1.29, 1.82) is 0 Å². The zero-order valence-corrected chi connectivity index (χ0v) is 16.8. The van der Waals surface area contributed by atoms with Crippen LogP contribution in [0.4, 0.5) is 0 Å². The third-order valence-electron chi connectivity index (χ3n) is 4.42. The molecular weight excluding hydrogens is 354 g/mol. The highest BCUT2D eigenvalue weighted by molar-refractivity contribution is 7.10. The molecule has 1 atom stereocenters. The van der Waals surface area contributed by atoms with Crippen molar-refractivity contribution in [3.63, 3.8) is 0 Å². The molecule has 0 radical (unpaired) electrons. The minimum absolute atomic E-state index is 0.218. The highest BCUT2D eigenvalue weighted by Crippen LogP contribution is 2.38. The summed E-state index contributed by atoms with van der Waals surface area (Å²) in [6.07, 6.45) is 0. The Balaban J connectivity index is 2.24. The minimum Gasteiger partial charge on any atom is -0.493 e. The van der Waals surface area contributed by atoms with Crippen LogP contribution in [0.3, 0.4) is 0 Å². The van der Waals surface area contributed by atoms with Gasteiger partial charge in [0.2, 0.25) is 5.75 Å². The average molecular weight is 379 g/mol. The highest BCUT2D eigenvalue weighted by Gasteiger charge is 2.32. The molecule has 0 aliphatic carbocycles. The number of hydrogen-bond donors (Lipinski definition) is 0. The number of carbonyl (C=O) groups is 1. The first-order valence-corrected chi connectivity index (χ1v) is 8.94. The van der Waals surface area contributed by atoms with Gasteiger partial charge in [-0.25, -0.2) is 4.79 Å². The number of likely N-dealkylation sites (N-methyl/N-ethyl adjacent to an activating group) is 1. The minimum atomic E-state index is -0.450. The molecule has 142 valence electrons. The second-order valence-electron chi connectivity index (χ2n) is 6.14. The summed E-state index contributed by atoms with van der Waals surface area (Å²) in [5.74, 6) is 0.803. The Kier molecular flexibility index (Phi) is 6.50. The van der Waals surface area contributed by atoms with Crippen LogP contribution >= 0.6 is 11.3 Å². The zero-order valence-electron chi connectivity index (χ0n) is 16.0. The van der Waals surface area contributed by atoms with Crippen molar-refractivity contribution < 1.29 is 23.7 Å². The van der Waals surface area contributed by atoms with E-state index in [2.05, 4.69) is 0 Å². The lowest BCUT2D eigenvalue weighted by Gasteiger charge is -2.35. The molecule has 1 aromatic heterocycles. The van der Waals surface area contributed by atoms with Crippen LogP contribution in [0.5, 0.6) is 17.2 Å². The van der Waals surface area contributed by atoms with E-state index in [1.807, 2.05) is 43.4 Å². The Morgan fingerprint density at radius 2 is 1.73 bits per heavy atom. The van der Waals surface area contributed by atoms with E-state index in [4.69, 9.17) is 18.9 Å². The van der Waals surface area contributed by atoms with Gasteiger partial charge in [-0.05, 0) is 44.6 Å². The summed E-state index contributed by atoms with van der Waals surface area (Å²) in [5.41, 5.74) is -0.0726. The van der Waals surface area contributed by atoms with Gasteiger partial charge in [-0.15, -0.1) is 11.3 Å². The quantitative estimate of drug-likeness (QED) is 0.655. The lowest BCUT2D eigenvalue weighted by Crippen LogP contribution is -2.42. The second-order valence-corrected chi connectivity index (χ2v) is 7.08. The molecule has 1 unspecified atom stereocenters. The highest BCUT2D eigenvalue weighted by atomic mass is 32.1. The van der Waals surface area contributed by atoms with Gasteiger partial charge in [-0.3, -0.25) is 4.90 Å². The molecule has 0 aliphatic heterocycles. The number of rotatable bonds is 8. The van der Waals surface area contributed by atoms with Crippen LogP contribution in [0.25, 0.3) is 0 Å². The maximum atomic E-state index is 12.6. The van der Waals surface area contributed by atoms with Crippen molar-refractivity contribution in [1.82, 2.24) is 4.90 Å². The molecule has 0 aliphatic rings. The molecule has 1 heterocycles. The number of carbonyl (C=O) groups excluding carboxylic acids is 1. The van der Waals surface area contributed by atoms with Crippen LogP contribution in [0.2, 0.25) is 0 Å². The Morgan fingerprint density at radius 3 is 2.15 bits per heavy atom. The van der Waals surface area contributed by atoms with Crippen LogP contribution in [-0.2, 0) is 10.3 Å². The summed E-state index contributed by atoms with van der Waals surface area (Å²) in [5, 5.41) is 2.01. The molecule has 2 rings (SSSR count). The fourth-order valence-corrected chi connectivity index (χ4v) is 3.45. The zero-order chi connectivity index (χ0) is 19.3. The van der Waals surface area contributed by atoms with Gasteiger partial charge in [0.05, 0.1) is 32.4 Å². The van der Waals surface area contributed by atoms with E-state index in [9.17, 15) is 4.79 Å². The Labute approximate surface area is 158 Å². The molecule has 0 fully saturated rings. The third-order valence-corrected chi connectivity index (χ3v) is 5.55. The van der Waals surface area contributed by atoms with Crippen molar-refractivity contribution in [3.8, 4) is 17.2 Å². The summed E-state index contributed by atoms with van der Waals surface area (Å²) < 4.78 is 21.5. The molecule has 26 heavy (non-hydrogen) atoms. The van der Waals surface area contributed by atoms with E-state index in [1.165, 1.54) is 21.3 Å². The third kappa shape index (κ3) is 3.94. The molecule has 1 aromatic carbocycles. The molecule has 0 saturated carbocycles. The van der Waals surface area contributed by atoms with Gasteiger partial charge < -0.3 is 18.9 Å². The monoisotopic (exact) mass is 379 g/mol. The first-order valence-electron chi connectivity index (χ1n) is 8.06. The fourth-order valence-electron chi connectivity index (χ4n) is 2.49. The van der Waals surface area contributed by atoms with E-state index >= 15 is 0 Å². The maximum Gasteiger partial charge on any atom is 0.338 e. The Hall–Kier alpha value is -2.25. The van der Waals surface area contributed by atoms with Crippen molar-refractivity contribution in [2.75, 3.05) is 42.0 Å². The van der Waals surface area contributed by atoms with Gasteiger partial charge in [0.1, 0.15) is 6.61 Å². The van der Waals surface area contributed by atoms with Gasteiger partial charge >= 0.3 is 5.97 Å². The van der Waals surface area contributed by atoms with Crippen LogP contribution in [0, 0.1) is 0 Å². The van der Waals surface area contributed by atoms with E-state index in [-0.39, 0.29) is 6.61 Å². The molecule has 6 nitrogen and oxygen atoms in total. The summed E-state index contributed by atoms with van der Waals surface area (Å²) in [6.45, 7) is 2.26. The SMILES string of the molecule is COc1cc(C(=O)OCC(C)(c2cccs2)N(C)C)cc(OC)c1OC. The molecular formula is C19H25NO5S. The molecule has 0 amide bonds. The van der Waals surface area contributed by atoms with Gasteiger partial charge in [0.15, 0.2) is 11.5 Å². The molecule has 0 bridgehead atoms. The van der Waals surface area contributed by atoms with Crippen LogP contribution in [0.15, 0.2) is 29.6 Å². The van der Waals surface area contributed by atoms with Gasteiger partial charge in [-0.1, -0.05) is 6.07 Å². The van der Waals surface area contributed by atoms with Gasteiger partial charge in [0, 0.05) is 4.88 Å². The first-order chi connectivity index (χ1) is 12.4. The van der Waals surface area contributed by atoms with Crippen molar-refractivity contribution in [2.45, 2.75) is 12.5 Å². The summed E-state index contributed by atoms with van der Waals surface area (Å²) in [4.78, 5) is 15.8. The number of methoxy groups -OCH3 is 3.